The first-order valence-electron chi connectivity index (χ1n) is 4.22. The molecule has 0 saturated carbocycles. The first-order valence-corrected chi connectivity index (χ1v) is 7.51. The normalized spacial score (nSPS) is 11.6. The average Bonchev–Trinajstić information content (AvgIpc) is 2.14. The van der Waals surface area contributed by atoms with Gasteiger partial charge in [0.25, 0.3) is 9.05 Å². The zero-order valence-corrected chi connectivity index (χ0v) is 10.1. The van der Waals surface area contributed by atoms with Gasteiger partial charge in [-0.05, 0) is 24.3 Å². The lowest BCUT2D eigenvalue weighted by Gasteiger charge is -2.04. The molecule has 0 bridgehead atoms. The van der Waals surface area contributed by atoms with E-state index in [-0.39, 0.29) is 4.90 Å². The zero-order valence-electron chi connectivity index (χ0n) is 7.73. The second kappa shape index (κ2) is 5.05. The third-order valence-electron chi connectivity index (χ3n) is 1.57. The fraction of sp³-hybridized carbons (Fsp3) is 0.333. The molecule has 14 heavy (non-hydrogen) atoms. The highest BCUT2D eigenvalue weighted by molar-refractivity contribution is 8.14. The predicted octanol–water partition coefficient (Wildman–Crippen LogP) is 3.12. The summed E-state index contributed by atoms with van der Waals surface area (Å²) in [7, 11) is 1.69. The highest BCUT2D eigenvalue weighted by Crippen LogP contribution is 2.28. The maximum Gasteiger partial charge on any atom is 0.262 e. The maximum absolute atomic E-state index is 11.2. The molecule has 0 radical (unpaired) electrons. The van der Waals surface area contributed by atoms with E-state index < -0.39 is 9.05 Å². The van der Waals surface area contributed by atoms with Gasteiger partial charge in [-0.2, -0.15) is 0 Å². The van der Waals surface area contributed by atoms with Crippen molar-refractivity contribution < 1.29 is 8.42 Å². The summed E-state index contributed by atoms with van der Waals surface area (Å²) in [5, 5.41) is 0. The molecular weight excluding hydrogens is 240 g/mol. The van der Waals surface area contributed by atoms with E-state index in [2.05, 4.69) is 0 Å². The summed E-state index contributed by atoms with van der Waals surface area (Å²) < 4.78 is 22.3. The molecule has 1 aromatic rings. The quantitative estimate of drug-likeness (QED) is 0.608. The van der Waals surface area contributed by atoms with E-state index in [9.17, 15) is 8.42 Å². The van der Waals surface area contributed by atoms with E-state index >= 15 is 0 Å². The first kappa shape index (κ1) is 11.9. The Hall–Kier alpha value is -0.190. The predicted molar refractivity (Wildman–Crippen MR) is 60.5 cm³/mol. The fourth-order valence-corrected chi connectivity index (χ4v) is 3.39. The van der Waals surface area contributed by atoms with E-state index in [4.69, 9.17) is 10.7 Å². The van der Waals surface area contributed by atoms with Gasteiger partial charge in [-0.25, -0.2) is 8.42 Å². The smallest absolute Gasteiger partial charge is 0.207 e. The molecule has 1 aromatic carbocycles. The lowest BCUT2D eigenvalue weighted by molar-refractivity contribution is 0.608. The summed E-state index contributed by atoms with van der Waals surface area (Å²) >= 11 is 1.51. The van der Waals surface area contributed by atoms with Crippen LogP contribution in [0.5, 0.6) is 0 Å². The third kappa shape index (κ3) is 3.19. The third-order valence-corrected chi connectivity index (χ3v) is 4.36. The summed E-state index contributed by atoms with van der Waals surface area (Å²) in [6, 6.07) is 6.78. The van der Waals surface area contributed by atoms with Crippen molar-refractivity contribution in [2.24, 2.45) is 0 Å². The Bertz CT molecular complexity index is 401. The minimum absolute atomic E-state index is 0.208. The van der Waals surface area contributed by atoms with Crippen LogP contribution in [-0.4, -0.2) is 14.2 Å². The van der Waals surface area contributed by atoms with Gasteiger partial charge in [0.15, 0.2) is 0 Å². The molecule has 0 spiro atoms. The molecule has 0 aromatic heterocycles. The van der Waals surface area contributed by atoms with Crippen molar-refractivity contribution >= 4 is 31.5 Å². The summed E-state index contributed by atoms with van der Waals surface area (Å²) in [6.45, 7) is 2.05. The van der Waals surface area contributed by atoms with Crippen molar-refractivity contribution in [3.63, 3.8) is 0 Å². The molecule has 0 amide bonds. The molecule has 0 saturated heterocycles. The number of hydrogen-bond acceptors (Lipinski definition) is 3. The van der Waals surface area contributed by atoms with Gasteiger partial charge in [-0.3, -0.25) is 0 Å². The highest BCUT2D eigenvalue weighted by atomic mass is 35.7. The van der Waals surface area contributed by atoms with Crippen molar-refractivity contribution in [3.8, 4) is 0 Å². The molecule has 0 atom stereocenters. The molecule has 1 rings (SSSR count). The molecule has 78 valence electrons. The Morgan fingerprint density at radius 2 is 2.00 bits per heavy atom. The number of thioether (sulfide) groups is 1. The topological polar surface area (TPSA) is 34.1 Å². The lowest BCUT2D eigenvalue weighted by Crippen LogP contribution is -1.93. The highest BCUT2D eigenvalue weighted by Gasteiger charge is 2.14. The van der Waals surface area contributed by atoms with Crippen molar-refractivity contribution in [1.29, 1.82) is 0 Å². The molecule has 0 N–H and O–H groups in total. The second-order valence-electron chi connectivity index (χ2n) is 2.73. The fourth-order valence-electron chi connectivity index (χ4n) is 0.983. The van der Waals surface area contributed by atoms with Crippen LogP contribution in [0.15, 0.2) is 34.1 Å². The lowest BCUT2D eigenvalue weighted by atomic mass is 10.4. The Morgan fingerprint density at radius 1 is 1.36 bits per heavy atom. The van der Waals surface area contributed by atoms with Gasteiger partial charge in [0, 0.05) is 15.6 Å². The van der Waals surface area contributed by atoms with Crippen LogP contribution in [-0.2, 0) is 9.05 Å². The van der Waals surface area contributed by atoms with Crippen molar-refractivity contribution in [3.05, 3.63) is 24.3 Å². The van der Waals surface area contributed by atoms with Gasteiger partial charge >= 0.3 is 0 Å². The molecule has 0 aliphatic carbocycles. The van der Waals surface area contributed by atoms with Crippen LogP contribution in [0.3, 0.4) is 0 Å². The van der Waals surface area contributed by atoms with Crippen LogP contribution >= 0.6 is 22.4 Å². The maximum atomic E-state index is 11.2. The second-order valence-corrected chi connectivity index (χ2v) is 6.40. The van der Waals surface area contributed by atoms with Gasteiger partial charge in [0.05, 0.1) is 4.90 Å². The Morgan fingerprint density at radius 3 is 2.57 bits per heavy atom. The van der Waals surface area contributed by atoms with E-state index in [1.165, 1.54) is 17.8 Å². The zero-order chi connectivity index (χ0) is 10.6. The molecular formula is C9H11ClO2S2. The van der Waals surface area contributed by atoms with E-state index in [0.29, 0.717) is 0 Å². The molecule has 5 heteroatoms. The first-order chi connectivity index (χ1) is 6.55. The monoisotopic (exact) mass is 250 g/mol. The molecule has 0 aliphatic heterocycles. The Labute approximate surface area is 93.1 Å². The number of hydrogen-bond donors (Lipinski definition) is 0. The van der Waals surface area contributed by atoms with Crippen molar-refractivity contribution in [2.75, 3.05) is 5.75 Å². The summed E-state index contributed by atoms with van der Waals surface area (Å²) in [4.78, 5) is 0.935. The SMILES string of the molecule is CCCSc1ccccc1S(=O)(=O)Cl. The van der Waals surface area contributed by atoms with E-state index in [1.54, 1.807) is 12.1 Å². The van der Waals surface area contributed by atoms with Gasteiger partial charge in [0.2, 0.25) is 0 Å². The van der Waals surface area contributed by atoms with Crippen LogP contribution in [0.25, 0.3) is 0 Å². The molecule has 0 fully saturated rings. The van der Waals surface area contributed by atoms with Gasteiger partial charge in [-0.1, -0.05) is 19.1 Å². The number of rotatable bonds is 4. The van der Waals surface area contributed by atoms with E-state index in [1.807, 2.05) is 13.0 Å². The van der Waals surface area contributed by atoms with Crippen molar-refractivity contribution in [2.45, 2.75) is 23.1 Å². The van der Waals surface area contributed by atoms with Crippen LogP contribution in [0.2, 0.25) is 0 Å². The van der Waals surface area contributed by atoms with Gasteiger partial charge < -0.3 is 0 Å². The minimum Gasteiger partial charge on any atom is -0.207 e. The van der Waals surface area contributed by atoms with Gasteiger partial charge in [-0.15, -0.1) is 11.8 Å². The molecule has 0 unspecified atom stereocenters. The van der Waals surface area contributed by atoms with Crippen LogP contribution in [0, 0.1) is 0 Å². The Balaban J connectivity index is 3.04. The number of halogens is 1. The minimum atomic E-state index is -3.61. The van der Waals surface area contributed by atoms with Crippen LogP contribution < -0.4 is 0 Å². The van der Waals surface area contributed by atoms with Crippen LogP contribution in [0.1, 0.15) is 13.3 Å². The van der Waals surface area contributed by atoms with E-state index in [0.717, 1.165) is 17.1 Å². The average molecular weight is 251 g/mol. The molecule has 0 heterocycles. The molecule has 0 aliphatic rings. The molecule has 2 nitrogen and oxygen atoms in total. The van der Waals surface area contributed by atoms with Crippen molar-refractivity contribution in [1.82, 2.24) is 0 Å². The van der Waals surface area contributed by atoms with Crippen LogP contribution in [0.4, 0.5) is 0 Å². The number of benzene rings is 1. The Kier molecular flexibility index (Phi) is 4.29. The summed E-state index contributed by atoms with van der Waals surface area (Å²) in [5.41, 5.74) is 0. The summed E-state index contributed by atoms with van der Waals surface area (Å²) in [5.74, 6) is 0.892. The standard InChI is InChI=1S/C9H11ClO2S2/c1-2-7-13-8-5-3-4-6-9(8)14(10,11)12/h3-6H,2,7H2,1H3. The largest absolute Gasteiger partial charge is 0.262 e. The summed E-state index contributed by atoms with van der Waals surface area (Å²) in [6.07, 6.45) is 1.00. The van der Waals surface area contributed by atoms with Gasteiger partial charge in [0.1, 0.15) is 0 Å².